The van der Waals surface area contributed by atoms with Crippen LogP contribution in [0.1, 0.15) is 23.7 Å². The summed E-state index contributed by atoms with van der Waals surface area (Å²) in [5.41, 5.74) is 2.97. The van der Waals surface area contributed by atoms with Crippen LogP contribution >= 0.6 is 11.6 Å². The summed E-state index contributed by atoms with van der Waals surface area (Å²) < 4.78 is 6.05. The third-order valence-electron chi connectivity index (χ3n) is 5.59. The standard InChI is InChI=1S/C26H23ClN8O4/c1-3-4-21(30-24(36)12-7-17-13-18(27)8-11-23(17)35-15-28-33-34-35)22-14-20(25(37)32-31-22)16-5-9-19(10-6-16)29-26(38)39-2/h3,5-15,21H,1,4H2,2H3,(H,29,38)(H,30,36)(H,32,37)/p+1/b12-7+. The van der Waals surface area contributed by atoms with Gasteiger partial charge >= 0.3 is 11.7 Å². The largest absolute Gasteiger partial charge is 0.453 e. The Morgan fingerprint density at radius 1 is 1.23 bits per heavy atom. The molecule has 4 aromatic rings. The highest BCUT2D eigenvalue weighted by atomic mass is 35.5. The van der Waals surface area contributed by atoms with Crippen molar-refractivity contribution in [3.05, 3.63) is 100 Å². The zero-order valence-electron chi connectivity index (χ0n) is 20.7. The molecule has 0 aliphatic rings. The molecule has 1 atom stereocenters. The fourth-order valence-electron chi connectivity index (χ4n) is 3.71. The Bertz CT molecular complexity index is 1570. The number of nitrogens with one attached hydrogen (secondary N) is 4. The van der Waals surface area contributed by atoms with Crippen LogP contribution in [0.4, 0.5) is 10.5 Å². The van der Waals surface area contributed by atoms with Crippen LogP contribution in [-0.2, 0) is 9.53 Å². The van der Waals surface area contributed by atoms with E-state index in [0.29, 0.717) is 45.2 Å². The maximum atomic E-state index is 12.9. The summed E-state index contributed by atoms with van der Waals surface area (Å²) in [5.74, 6) is -0.385. The van der Waals surface area contributed by atoms with Gasteiger partial charge in [-0.25, -0.2) is 4.79 Å². The van der Waals surface area contributed by atoms with Crippen molar-refractivity contribution in [2.24, 2.45) is 0 Å². The fourth-order valence-corrected chi connectivity index (χ4v) is 3.89. The molecule has 2 heterocycles. The molecule has 0 saturated carbocycles. The van der Waals surface area contributed by atoms with Crippen LogP contribution in [0.2, 0.25) is 5.02 Å². The van der Waals surface area contributed by atoms with Crippen molar-refractivity contribution < 1.29 is 19.4 Å². The summed E-state index contributed by atoms with van der Waals surface area (Å²) in [6.07, 6.45) is 5.86. The van der Waals surface area contributed by atoms with Gasteiger partial charge in [0, 0.05) is 28.4 Å². The molecule has 2 aromatic carbocycles. The summed E-state index contributed by atoms with van der Waals surface area (Å²) in [7, 11) is 1.27. The molecule has 39 heavy (non-hydrogen) atoms. The predicted molar refractivity (Wildman–Crippen MR) is 144 cm³/mol. The Hall–Kier alpha value is -5.10. The number of aromatic amines is 2. The third kappa shape index (κ3) is 6.81. The molecule has 0 saturated heterocycles. The second kappa shape index (κ2) is 12.4. The highest BCUT2D eigenvalue weighted by Gasteiger charge is 2.21. The lowest BCUT2D eigenvalue weighted by molar-refractivity contribution is -0.470. The number of halogens is 1. The van der Waals surface area contributed by atoms with Crippen LogP contribution in [0.3, 0.4) is 0 Å². The molecular formula is C26H24ClN8O4+. The molecule has 0 fully saturated rings. The average molecular weight is 548 g/mol. The van der Waals surface area contributed by atoms with E-state index >= 15 is 0 Å². The molecule has 13 heteroatoms. The molecule has 0 spiro atoms. The zero-order chi connectivity index (χ0) is 27.8. The number of H-pyrrole nitrogens is 2. The topological polar surface area (TPSA) is 158 Å². The number of hydrogen-bond acceptors (Lipinski definition) is 7. The van der Waals surface area contributed by atoms with Crippen molar-refractivity contribution in [2.75, 3.05) is 12.4 Å². The summed E-state index contributed by atoms with van der Waals surface area (Å²) >= 11 is 6.15. The summed E-state index contributed by atoms with van der Waals surface area (Å²) in [5, 5.41) is 22.6. The maximum Gasteiger partial charge on any atom is 0.411 e. The van der Waals surface area contributed by atoms with E-state index in [9.17, 15) is 14.4 Å². The number of anilines is 1. The SMILES string of the molecule is C=CCC(NC(=O)/C=C/c1cc(Cl)ccc1-n1cnnn1)c1cc(-c2ccc(NC(=O)OC)cc2)c(=O)[nH][nH+]1. The Balaban J connectivity index is 1.55. The van der Waals surface area contributed by atoms with E-state index in [1.807, 2.05) is 0 Å². The van der Waals surface area contributed by atoms with Gasteiger partial charge in [0.2, 0.25) is 11.6 Å². The number of aromatic nitrogens is 6. The van der Waals surface area contributed by atoms with Crippen molar-refractivity contribution in [3.8, 4) is 16.8 Å². The van der Waals surface area contributed by atoms with Crippen LogP contribution in [0.25, 0.3) is 22.9 Å². The minimum absolute atomic E-state index is 0.355. The number of tetrazole rings is 1. The van der Waals surface area contributed by atoms with E-state index in [4.69, 9.17) is 11.6 Å². The highest BCUT2D eigenvalue weighted by molar-refractivity contribution is 6.30. The number of ether oxygens (including phenoxy) is 1. The second-order valence-electron chi connectivity index (χ2n) is 8.16. The first-order valence-corrected chi connectivity index (χ1v) is 12.0. The van der Waals surface area contributed by atoms with E-state index in [1.54, 1.807) is 60.7 Å². The van der Waals surface area contributed by atoms with Gasteiger partial charge in [-0.1, -0.05) is 29.8 Å². The number of carbonyl (C=O) groups excluding carboxylic acids is 2. The third-order valence-corrected chi connectivity index (χ3v) is 5.82. The molecule has 1 unspecified atom stereocenters. The lowest BCUT2D eigenvalue weighted by atomic mass is 10.0. The van der Waals surface area contributed by atoms with Crippen molar-refractivity contribution in [3.63, 3.8) is 0 Å². The molecule has 0 aliphatic carbocycles. The average Bonchev–Trinajstić information content (AvgIpc) is 3.47. The number of nitrogens with zero attached hydrogens (tertiary/aromatic N) is 4. The monoisotopic (exact) mass is 547 g/mol. The van der Waals surface area contributed by atoms with E-state index in [1.165, 1.54) is 24.2 Å². The fraction of sp³-hybridized carbons (Fsp3) is 0.115. The number of amides is 2. The smallest absolute Gasteiger partial charge is 0.411 e. The van der Waals surface area contributed by atoms with Crippen molar-refractivity contribution in [1.82, 2.24) is 30.6 Å². The van der Waals surface area contributed by atoms with Gasteiger partial charge in [-0.05, 0) is 58.8 Å². The van der Waals surface area contributed by atoms with Crippen LogP contribution in [-0.4, -0.2) is 44.4 Å². The molecule has 2 amide bonds. The molecular weight excluding hydrogens is 524 g/mol. The first kappa shape index (κ1) is 26.9. The molecule has 2 aromatic heterocycles. The number of carbonyl (C=O) groups is 2. The molecule has 0 aliphatic heterocycles. The number of benzene rings is 2. The molecule has 12 nitrogen and oxygen atoms in total. The number of methoxy groups -OCH3 is 1. The Morgan fingerprint density at radius 3 is 2.72 bits per heavy atom. The first-order chi connectivity index (χ1) is 18.9. The molecule has 4 rings (SSSR count). The van der Waals surface area contributed by atoms with Gasteiger partial charge in [-0.3, -0.25) is 14.9 Å². The number of rotatable bonds is 9. The number of hydrogen-bond donors (Lipinski definition) is 3. The van der Waals surface area contributed by atoms with E-state index in [2.05, 4.69) is 47.7 Å². The normalized spacial score (nSPS) is 11.6. The molecule has 0 radical (unpaired) electrons. The molecule has 4 N–H and O–H groups in total. The van der Waals surface area contributed by atoms with Gasteiger partial charge in [0.05, 0.1) is 18.4 Å². The van der Waals surface area contributed by atoms with Crippen LogP contribution in [0, 0.1) is 0 Å². The van der Waals surface area contributed by atoms with Crippen LogP contribution < -0.4 is 21.3 Å². The summed E-state index contributed by atoms with van der Waals surface area (Å²) in [4.78, 5) is 36.9. The van der Waals surface area contributed by atoms with E-state index < -0.39 is 12.1 Å². The van der Waals surface area contributed by atoms with Crippen LogP contribution in [0.5, 0.6) is 0 Å². The lowest BCUT2D eigenvalue weighted by Crippen LogP contribution is -2.35. The quantitative estimate of drug-likeness (QED) is 0.214. The van der Waals surface area contributed by atoms with E-state index in [0.717, 1.165) is 0 Å². The van der Waals surface area contributed by atoms with Gasteiger partial charge in [0.1, 0.15) is 12.4 Å². The lowest BCUT2D eigenvalue weighted by Gasteiger charge is -2.13. The second-order valence-corrected chi connectivity index (χ2v) is 8.60. The maximum absolute atomic E-state index is 12.9. The molecule has 198 valence electrons. The molecule has 0 bridgehead atoms. The van der Waals surface area contributed by atoms with Gasteiger partial charge in [-0.2, -0.15) is 4.68 Å². The Labute approximate surface area is 227 Å². The minimum Gasteiger partial charge on any atom is -0.453 e. The first-order valence-electron chi connectivity index (χ1n) is 11.6. The Morgan fingerprint density at radius 2 is 2.03 bits per heavy atom. The van der Waals surface area contributed by atoms with Crippen molar-refractivity contribution >= 4 is 35.4 Å². The van der Waals surface area contributed by atoms with E-state index in [-0.39, 0.29) is 11.5 Å². The summed E-state index contributed by atoms with van der Waals surface area (Å²) in [6, 6.07) is 12.9. The van der Waals surface area contributed by atoms with Crippen molar-refractivity contribution in [2.45, 2.75) is 12.5 Å². The highest BCUT2D eigenvalue weighted by Crippen LogP contribution is 2.22. The van der Waals surface area contributed by atoms with Gasteiger partial charge < -0.3 is 10.1 Å². The predicted octanol–water partition coefficient (Wildman–Crippen LogP) is 3.11. The van der Waals surface area contributed by atoms with Gasteiger partial charge in [-0.15, -0.1) is 21.9 Å². The van der Waals surface area contributed by atoms with Gasteiger partial charge in [0.25, 0.3) is 0 Å². The minimum atomic E-state index is -0.601. The van der Waals surface area contributed by atoms with Gasteiger partial charge in [0.15, 0.2) is 0 Å². The van der Waals surface area contributed by atoms with Crippen LogP contribution in [0.15, 0.2) is 78.4 Å². The zero-order valence-corrected chi connectivity index (χ0v) is 21.5. The Kier molecular flexibility index (Phi) is 8.59. The summed E-state index contributed by atoms with van der Waals surface area (Å²) in [6.45, 7) is 3.78. The van der Waals surface area contributed by atoms with Crippen molar-refractivity contribution in [1.29, 1.82) is 0 Å².